The predicted molar refractivity (Wildman–Crippen MR) is 71.4 cm³/mol. The second kappa shape index (κ2) is 5.92. The lowest BCUT2D eigenvalue weighted by molar-refractivity contribution is 0.414. The van der Waals surface area contributed by atoms with E-state index in [9.17, 15) is 0 Å². The fourth-order valence-electron chi connectivity index (χ4n) is 2.66. The van der Waals surface area contributed by atoms with Gasteiger partial charge in [-0.2, -0.15) is 0 Å². The summed E-state index contributed by atoms with van der Waals surface area (Å²) in [6.45, 7) is 0.696. The summed E-state index contributed by atoms with van der Waals surface area (Å²) in [7, 11) is 1.69. The Bertz CT molecular complexity index is 348. The van der Waals surface area contributed by atoms with Gasteiger partial charge in [0, 0.05) is 24.3 Å². The minimum Gasteiger partial charge on any atom is -0.497 e. The lowest BCUT2D eigenvalue weighted by Crippen LogP contribution is -2.35. The van der Waals surface area contributed by atoms with Gasteiger partial charge in [-0.3, -0.25) is 0 Å². The maximum absolute atomic E-state index is 5.88. The summed E-state index contributed by atoms with van der Waals surface area (Å²) in [6, 6.07) is 8.45. The van der Waals surface area contributed by atoms with E-state index in [0.29, 0.717) is 12.6 Å². The highest BCUT2D eigenvalue weighted by Crippen LogP contribution is 2.29. The van der Waals surface area contributed by atoms with Gasteiger partial charge in [0.15, 0.2) is 0 Å². The molecule has 1 atom stereocenters. The Hall–Kier alpha value is -1.22. The van der Waals surface area contributed by atoms with E-state index in [2.05, 4.69) is 11.4 Å². The molecule has 3 nitrogen and oxygen atoms in total. The highest BCUT2D eigenvalue weighted by atomic mass is 16.5. The molecule has 0 aromatic heterocycles. The van der Waals surface area contributed by atoms with Crippen molar-refractivity contribution in [2.45, 2.75) is 31.7 Å². The Morgan fingerprint density at radius 3 is 2.82 bits per heavy atom. The summed E-state index contributed by atoms with van der Waals surface area (Å²) in [5.74, 6) is 1.61. The van der Waals surface area contributed by atoms with Crippen molar-refractivity contribution < 1.29 is 4.74 Å². The number of nitrogens with one attached hydrogen (secondary N) is 1. The van der Waals surface area contributed by atoms with Crippen LogP contribution in [0.25, 0.3) is 0 Å². The molecule has 0 amide bonds. The zero-order chi connectivity index (χ0) is 12.1. The van der Waals surface area contributed by atoms with Gasteiger partial charge in [0.25, 0.3) is 0 Å². The first kappa shape index (κ1) is 12.2. The highest BCUT2D eigenvalue weighted by Gasteiger charge is 2.23. The second-order valence-electron chi connectivity index (χ2n) is 4.76. The van der Waals surface area contributed by atoms with Crippen molar-refractivity contribution >= 4 is 5.69 Å². The van der Waals surface area contributed by atoms with Crippen LogP contribution in [0.3, 0.4) is 0 Å². The number of hydrogen-bond acceptors (Lipinski definition) is 3. The van der Waals surface area contributed by atoms with Crippen LogP contribution in [0, 0.1) is 5.92 Å². The van der Waals surface area contributed by atoms with Crippen molar-refractivity contribution in [3.63, 3.8) is 0 Å². The van der Waals surface area contributed by atoms with Gasteiger partial charge in [0.1, 0.15) is 5.75 Å². The third kappa shape index (κ3) is 3.13. The molecule has 0 aliphatic heterocycles. The monoisotopic (exact) mass is 234 g/mol. The molecule has 3 N–H and O–H groups in total. The summed E-state index contributed by atoms with van der Waals surface area (Å²) in [6.07, 6.45) is 5.31. The maximum Gasteiger partial charge on any atom is 0.120 e. The average Bonchev–Trinajstić information content (AvgIpc) is 2.90. The van der Waals surface area contributed by atoms with E-state index in [0.717, 1.165) is 17.4 Å². The van der Waals surface area contributed by atoms with E-state index in [1.165, 1.54) is 25.7 Å². The number of hydrogen-bond donors (Lipinski definition) is 2. The van der Waals surface area contributed by atoms with Crippen molar-refractivity contribution in [3.05, 3.63) is 24.3 Å². The van der Waals surface area contributed by atoms with Crippen LogP contribution in [0.4, 0.5) is 5.69 Å². The van der Waals surface area contributed by atoms with E-state index in [4.69, 9.17) is 10.5 Å². The third-order valence-electron chi connectivity index (χ3n) is 3.64. The van der Waals surface area contributed by atoms with Crippen LogP contribution in [-0.4, -0.2) is 19.7 Å². The van der Waals surface area contributed by atoms with Gasteiger partial charge in [0.05, 0.1) is 7.11 Å². The van der Waals surface area contributed by atoms with Crippen molar-refractivity contribution in [2.75, 3.05) is 19.0 Å². The SMILES string of the molecule is COc1cccc(NC(CN)C2CCCC2)c1. The first-order chi connectivity index (χ1) is 8.33. The van der Waals surface area contributed by atoms with Gasteiger partial charge in [-0.25, -0.2) is 0 Å². The molecule has 94 valence electrons. The van der Waals surface area contributed by atoms with Gasteiger partial charge in [-0.15, -0.1) is 0 Å². The topological polar surface area (TPSA) is 47.3 Å². The van der Waals surface area contributed by atoms with Gasteiger partial charge >= 0.3 is 0 Å². The van der Waals surface area contributed by atoms with Crippen molar-refractivity contribution in [1.29, 1.82) is 0 Å². The Balaban J connectivity index is 2.01. The fraction of sp³-hybridized carbons (Fsp3) is 0.571. The van der Waals surface area contributed by atoms with Crippen LogP contribution in [-0.2, 0) is 0 Å². The summed E-state index contributed by atoms with van der Waals surface area (Å²) < 4.78 is 5.22. The summed E-state index contributed by atoms with van der Waals surface area (Å²) >= 11 is 0. The molecule has 1 aliphatic carbocycles. The lowest BCUT2D eigenvalue weighted by Gasteiger charge is -2.24. The van der Waals surface area contributed by atoms with Gasteiger partial charge in [-0.1, -0.05) is 18.9 Å². The molecule has 1 aliphatic rings. The number of nitrogens with two attached hydrogens (primary N) is 1. The molecule has 3 heteroatoms. The molecule has 0 saturated heterocycles. The number of rotatable bonds is 5. The van der Waals surface area contributed by atoms with Crippen LogP contribution in [0.5, 0.6) is 5.75 Å². The summed E-state index contributed by atoms with van der Waals surface area (Å²) in [5.41, 5.74) is 6.98. The smallest absolute Gasteiger partial charge is 0.120 e. The normalized spacial score (nSPS) is 18.0. The lowest BCUT2D eigenvalue weighted by atomic mass is 9.98. The molecule has 1 saturated carbocycles. The van der Waals surface area contributed by atoms with E-state index < -0.39 is 0 Å². The molecule has 0 bridgehead atoms. The van der Waals surface area contributed by atoms with E-state index in [1.807, 2.05) is 18.2 Å². The van der Waals surface area contributed by atoms with Gasteiger partial charge in [-0.05, 0) is 30.9 Å². The quantitative estimate of drug-likeness (QED) is 0.823. The number of anilines is 1. The zero-order valence-electron chi connectivity index (χ0n) is 10.5. The van der Waals surface area contributed by atoms with Crippen LogP contribution in [0.15, 0.2) is 24.3 Å². The van der Waals surface area contributed by atoms with E-state index >= 15 is 0 Å². The highest BCUT2D eigenvalue weighted by molar-refractivity contribution is 5.49. The largest absolute Gasteiger partial charge is 0.497 e. The molecular weight excluding hydrogens is 212 g/mol. The molecule has 2 rings (SSSR count). The second-order valence-corrected chi connectivity index (χ2v) is 4.76. The molecule has 1 aromatic carbocycles. The molecule has 0 radical (unpaired) electrons. The first-order valence-corrected chi connectivity index (χ1v) is 6.44. The van der Waals surface area contributed by atoms with Crippen LogP contribution in [0.2, 0.25) is 0 Å². The minimum atomic E-state index is 0.393. The van der Waals surface area contributed by atoms with Crippen LogP contribution >= 0.6 is 0 Å². The van der Waals surface area contributed by atoms with Gasteiger partial charge < -0.3 is 15.8 Å². The fourth-order valence-corrected chi connectivity index (χ4v) is 2.66. The minimum absolute atomic E-state index is 0.393. The Morgan fingerprint density at radius 2 is 2.18 bits per heavy atom. The maximum atomic E-state index is 5.88. The predicted octanol–water partition coefficient (Wildman–Crippen LogP) is 2.62. The average molecular weight is 234 g/mol. The van der Waals surface area contributed by atoms with Gasteiger partial charge in [0.2, 0.25) is 0 Å². The molecule has 1 aromatic rings. The standard InChI is InChI=1S/C14H22N2O/c1-17-13-8-4-7-12(9-13)16-14(10-15)11-5-2-3-6-11/h4,7-9,11,14,16H,2-3,5-6,10,15H2,1H3. The molecule has 0 spiro atoms. The van der Waals surface area contributed by atoms with Crippen LogP contribution < -0.4 is 15.8 Å². The molecule has 17 heavy (non-hydrogen) atoms. The van der Waals surface area contributed by atoms with Crippen molar-refractivity contribution in [2.24, 2.45) is 11.7 Å². The number of methoxy groups -OCH3 is 1. The number of ether oxygens (including phenoxy) is 1. The third-order valence-corrected chi connectivity index (χ3v) is 3.64. The first-order valence-electron chi connectivity index (χ1n) is 6.44. The molecular formula is C14H22N2O. The van der Waals surface area contributed by atoms with Crippen molar-refractivity contribution in [3.8, 4) is 5.75 Å². The Labute approximate surface area is 103 Å². The van der Waals surface area contributed by atoms with Crippen molar-refractivity contribution in [1.82, 2.24) is 0 Å². The summed E-state index contributed by atoms with van der Waals surface area (Å²) in [4.78, 5) is 0. The Kier molecular flexibility index (Phi) is 4.26. The van der Waals surface area contributed by atoms with E-state index in [1.54, 1.807) is 7.11 Å². The molecule has 1 fully saturated rings. The number of benzene rings is 1. The zero-order valence-corrected chi connectivity index (χ0v) is 10.5. The molecule has 1 unspecified atom stereocenters. The molecule has 0 heterocycles. The summed E-state index contributed by atoms with van der Waals surface area (Å²) in [5, 5.41) is 3.54. The van der Waals surface area contributed by atoms with Crippen LogP contribution in [0.1, 0.15) is 25.7 Å². The Morgan fingerprint density at radius 1 is 1.41 bits per heavy atom. The van der Waals surface area contributed by atoms with E-state index in [-0.39, 0.29) is 0 Å².